The molecule has 0 fully saturated rings. The third-order valence-electron chi connectivity index (χ3n) is 11.4. The molecule has 0 saturated heterocycles. The molecule has 0 aliphatic rings. The number of carbonyl (C=O) groups is 7. The van der Waals surface area contributed by atoms with Gasteiger partial charge in [-0.05, 0) is 79.4 Å². The van der Waals surface area contributed by atoms with Crippen molar-refractivity contribution in [2.45, 2.75) is 84.6 Å². The van der Waals surface area contributed by atoms with Crippen molar-refractivity contribution in [3.05, 3.63) is 156 Å². The molecule has 72 heavy (non-hydrogen) atoms. The fraction of sp³-hybridized carbons (Fsp3) is 0.302. The summed E-state index contributed by atoms with van der Waals surface area (Å²) in [6.45, 7) is 5.26. The van der Waals surface area contributed by atoms with E-state index in [0.29, 0.717) is 36.1 Å². The minimum absolute atomic E-state index is 0.0315. The van der Waals surface area contributed by atoms with Crippen LogP contribution in [0.1, 0.15) is 102 Å². The topological polar surface area (TPSA) is 240 Å². The van der Waals surface area contributed by atoms with Gasteiger partial charge < -0.3 is 39.4 Å². The molecule has 6 rings (SSSR count). The normalized spacial score (nSPS) is 12.0. The molecule has 0 unspecified atom stereocenters. The van der Waals surface area contributed by atoms with E-state index >= 15 is 0 Å². The van der Waals surface area contributed by atoms with E-state index in [2.05, 4.69) is 26.1 Å². The van der Waals surface area contributed by atoms with Gasteiger partial charge in [0.25, 0.3) is 11.8 Å². The Kier molecular flexibility index (Phi) is 19.8. The summed E-state index contributed by atoms with van der Waals surface area (Å²) in [4.78, 5) is 98.4. The Morgan fingerprint density at radius 2 is 1.44 bits per heavy atom. The van der Waals surface area contributed by atoms with Gasteiger partial charge in [-0.2, -0.15) is 5.06 Å². The largest absolute Gasteiger partial charge is 0.493 e. The maximum Gasteiger partial charge on any atom is 0.363 e. The Morgan fingerprint density at radius 3 is 2.08 bits per heavy atom. The van der Waals surface area contributed by atoms with Gasteiger partial charge in [0.1, 0.15) is 43.4 Å². The minimum Gasteiger partial charge on any atom is -0.493 e. The maximum absolute atomic E-state index is 13.8. The Labute approximate surface area is 416 Å². The summed E-state index contributed by atoms with van der Waals surface area (Å²) in [5.74, 6) is -4.73. The number of carbonyl (C=O) groups excluding carboxylic acids is 7. The quantitative estimate of drug-likeness (QED) is 0.0156. The van der Waals surface area contributed by atoms with Crippen LogP contribution < -0.4 is 20.7 Å². The number of nitrogens with one attached hydrogen (secondary N) is 3. The Balaban J connectivity index is 1.08. The number of nitrogens with zero attached hydrogens (tertiary/aromatic N) is 4. The molecule has 6 aromatic rings. The van der Waals surface area contributed by atoms with E-state index in [0.717, 1.165) is 23.5 Å². The number of hydroxylamine groups is 2. The fourth-order valence-corrected chi connectivity index (χ4v) is 7.58. The first-order valence-electron chi connectivity index (χ1n) is 23.6. The molecule has 4 aromatic carbocycles. The van der Waals surface area contributed by atoms with E-state index in [4.69, 9.17) is 23.5 Å². The number of hydrogen-bond acceptors (Lipinski definition) is 14. The van der Waals surface area contributed by atoms with Crippen LogP contribution in [0.3, 0.4) is 0 Å². The molecule has 0 saturated carbocycles. The van der Waals surface area contributed by atoms with E-state index in [1.807, 2.05) is 19.1 Å². The number of aromatic nitrogens is 3. The van der Waals surface area contributed by atoms with E-state index < -0.39 is 60.1 Å². The highest BCUT2D eigenvalue weighted by molar-refractivity contribution is 6.00. The molecule has 19 heteroatoms. The first-order valence-corrected chi connectivity index (χ1v) is 23.6. The van der Waals surface area contributed by atoms with Crippen molar-refractivity contribution in [2.75, 3.05) is 13.3 Å². The van der Waals surface area contributed by atoms with Gasteiger partial charge in [0, 0.05) is 11.3 Å². The van der Waals surface area contributed by atoms with Gasteiger partial charge in [0.05, 0.1) is 42.8 Å². The molecule has 0 radical (unpaired) electrons. The number of benzene rings is 4. The lowest BCUT2D eigenvalue weighted by molar-refractivity contribution is -0.171. The molecule has 4 amide bonds. The van der Waals surface area contributed by atoms with E-state index in [9.17, 15) is 33.6 Å². The first-order chi connectivity index (χ1) is 35.0. The van der Waals surface area contributed by atoms with Crippen LogP contribution in [0, 0.1) is 5.92 Å². The standard InChI is InChI=1S/C53H57N7O12/c1-4-7-10-19-41(44(5-2)60(35-61)72-52(66)38-20-23-40(24-21-38)59-33-56-57-34-59)49(63)54-32-55-51(65)46-27-26-45(71-46)39-22-25-42(47(28-39)68-6-3)50(64)58-43(53(67)70-31-37-17-13-9-14-18-37)29-48(62)69-30-36-15-11-8-12-16-36/h8-9,11-18,20-28,33-35,41,43-44H,4-7,10,19,29-32H2,1-3H3,(H,54,63)(H,55,65)(H,58,64)/t41-,43+,44-/m1/s1. The second-order valence-electron chi connectivity index (χ2n) is 16.3. The number of ether oxygens (including phenoxy) is 3. The average molecular weight is 984 g/mol. The Bertz CT molecular complexity index is 2730. The molecule has 0 aliphatic carbocycles. The predicted octanol–water partition coefficient (Wildman–Crippen LogP) is 6.91. The van der Waals surface area contributed by atoms with Crippen LogP contribution in [0.25, 0.3) is 17.0 Å². The van der Waals surface area contributed by atoms with E-state index in [-0.39, 0.29) is 61.3 Å². The second kappa shape index (κ2) is 27.0. The van der Waals surface area contributed by atoms with Gasteiger partial charge >= 0.3 is 17.9 Å². The lowest BCUT2D eigenvalue weighted by Crippen LogP contribution is -2.49. The van der Waals surface area contributed by atoms with Crippen molar-refractivity contribution in [3.8, 4) is 22.8 Å². The zero-order chi connectivity index (χ0) is 51.2. The zero-order valence-corrected chi connectivity index (χ0v) is 40.2. The van der Waals surface area contributed by atoms with Crippen LogP contribution in [0.15, 0.2) is 132 Å². The van der Waals surface area contributed by atoms with Crippen molar-refractivity contribution in [3.63, 3.8) is 0 Å². The molecule has 0 aliphatic heterocycles. The summed E-state index contributed by atoms with van der Waals surface area (Å²) in [5, 5.41) is 16.4. The molecule has 0 bridgehead atoms. The summed E-state index contributed by atoms with van der Waals surface area (Å²) in [7, 11) is 0. The highest BCUT2D eigenvalue weighted by Gasteiger charge is 2.34. The van der Waals surface area contributed by atoms with Gasteiger partial charge in [-0.1, -0.05) is 99.8 Å². The molecule has 2 aromatic heterocycles. The van der Waals surface area contributed by atoms with Crippen molar-refractivity contribution in [1.29, 1.82) is 0 Å². The number of hydrogen-bond donors (Lipinski definition) is 3. The van der Waals surface area contributed by atoms with Crippen LogP contribution in [0.2, 0.25) is 0 Å². The number of rotatable bonds is 27. The SMILES string of the molecule is CCCCC[C@@H](C(=O)NCNC(=O)c1ccc(-c2ccc(C(=O)N[C@@H](CC(=O)OCc3ccccc3)C(=O)OCc3ccccc3)c(OCC)c2)o1)[C@@H](CC)N(C=O)OC(=O)c1ccc(-n2cnnc2)cc1. The predicted molar refractivity (Wildman–Crippen MR) is 261 cm³/mol. The molecule has 376 valence electrons. The first kappa shape index (κ1) is 52.8. The highest BCUT2D eigenvalue weighted by atomic mass is 16.7. The molecular weight excluding hydrogens is 927 g/mol. The van der Waals surface area contributed by atoms with Crippen molar-refractivity contribution in [2.24, 2.45) is 5.92 Å². The van der Waals surface area contributed by atoms with Crippen LogP contribution in [-0.4, -0.2) is 87.2 Å². The summed E-state index contributed by atoms with van der Waals surface area (Å²) < 4.78 is 24.3. The third kappa shape index (κ3) is 14.9. The smallest absolute Gasteiger partial charge is 0.363 e. The van der Waals surface area contributed by atoms with Crippen LogP contribution in [0.4, 0.5) is 0 Å². The maximum atomic E-state index is 13.8. The Morgan fingerprint density at radius 1 is 0.764 bits per heavy atom. The third-order valence-corrected chi connectivity index (χ3v) is 11.4. The van der Waals surface area contributed by atoms with E-state index in [1.54, 1.807) is 91.2 Å². The fourth-order valence-electron chi connectivity index (χ4n) is 7.58. The number of unbranched alkanes of at least 4 members (excludes halogenated alkanes) is 2. The summed E-state index contributed by atoms with van der Waals surface area (Å²) in [6, 6.07) is 29.7. The molecule has 3 atom stereocenters. The van der Waals surface area contributed by atoms with E-state index in [1.165, 1.54) is 43.0 Å². The number of esters is 2. The van der Waals surface area contributed by atoms with Gasteiger partial charge in [-0.3, -0.25) is 28.5 Å². The summed E-state index contributed by atoms with van der Waals surface area (Å²) >= 11 is 0. The number of furan rings is 1. The molecular formula is C53H57N7O12. The van der Waals surface area contributed by atoms with Crippen LogP contribution in [-0.2, 0) is 46.7 Å². The second-order valence-corrected chi connectivity index (χ2v) is 16.3. The van der Waals surface area contributed by atoms with Gasteiger partial charge in [0.2, 0.25) is 12.3 Å². The van der Waals surface area contributed by atoms with Crippen LogP contribution >= 0.6 is 0 Å². The minimum atomic E-state index is -1.41. The van der Waals surface area contributed by atoms with Gasteiger partial charge in [-0.15, -0.1) is 10.2 Å². The van der Waals surface area contributed by atoms with Gasteiger partial charge in [-0.25, -0.2) is 9.59 Å². The Hall–Kier alpha value is -8.61. The lowest BCUT2D eigenvalue weighted by atomic mass is 9.90. The summed E-state index contributed by atoms with van der Waals surface area (Å²) in [6.07, 6.45) is 5.89. The highest BCUT2D eigenvalue weighted by Crippen LogP contribution is 2.30. The molecule has 19 nitrogen and oxygen atoms in total. The monoisotopic (exact) mass is 983 g/mol. The van der Waals surface area contributed by atoms with Crippen LogP contribution in [0.5, 0.6) is 5.75 Å². The van der Waals surface area contributed by atoms with Crippen molar-refractivity contribution in [1.82, 2.24) is 35.8 Å². The lowest BCUT2D eigenvalue weighted by Gasteiger charge is -2.31. The number of amides is 4. The summed E-state index contributed by atoms with van der Waals surface area (Å²) in [5.41, 5.74) is 2.82. The average Bonchev–Trinajstić information content (AvgIpc) is 4.14. The van der Waals surface area contributed by atoms with Crippen molar-refractivity contribution < 1.29 is 57.0 Å². The zero-order valence-electron chi connectivity index (χ0n) is 40.2. The van der Waals surface area contributed by atoms with Crippen molar-refractivity contribution >= 4 is 42.0 Å². The molecule has 3 N–H and O–H groups in total. The van der Waals surface area contributed by atoms with Gasteiger partial charge in [0.15, 0.2) is 5.76 Å². The molecule has 0 spiro atoms. The molecule has 2 heterocycles.